The Balaban J connectivity index is 1.58. The van der Waals surface area contributed by atoms with Gasteiger partial charge in [0.2, 0.25) is 0 Å². The lowest BCUT2D eigenvalue weighted by molar-refractivity contribution is -0.918. The van der Waals surface area contributed by atoms with Crippen LogP contribution in [-0.2, 0) is 12.7 Å². The number of piperazine rings is 1. The van der Waals surface area contributed by atoms with E-state index in [1.54, 1.807) is 6.07 Å². The fourth-order valence-corrected chi connectivity index (χ4v) is 3.23. The largest absolute Gasteiger partial charge is 0.417 e. The SMILES string of the molecule is FC(F)(F)c1ccccc1/C=N\N1CC[NH+](Cc2ccccc2Cl)CC1. The van der Waals surface area contributed by atoms with Gasteiger partial charge in [0, 0.05) is 16.1 Å². The topological polar surface area (TPSA) is 20.0 Å². The highest BCUT2D eigenvalue weighted by molar-refractivity contribution is 6.31. The first kappa shape index (κ1) is 18.7. The van der Waals surface area contributed by atoms with Gasteiger partial charge < -0.3 is 4.90 Å². The predicted octanol–water partition coefficient (Wildman–Crippen LogP) is 3.09. The quantitative estimate of drug-likeness (QED) is 0.806. The molecule has 1 aliphatic heterocycles. The molecule has 0 unspecified atom stereocenters. The van der Waals surface area contributed by atoms with E-state index in [9.17, 15) is 13.2 Å². The van der Waals surface area contributed by atoms with E-state index in [0.29, 0.717) is 13.1 Å². The van der Waals surface area contributed by atoms with Crippen LogP contribution in [0.5, 0.6) is 0 Å². The van der Waals surface area contributed by atoms with Crippen molar-refractivity contribution in [3.05, 3.63) is 70.2 Å². The molecule has 0 aromatic heterocycles. The molecule has 1 N–H and O–H groups in total. The molecule has 3 nitrogen and oxygen atoms in total. The minimum atomic E-state index is -4.37. The number of rotatable bonds is 4. The van der Waals surface area contributed by atoms with Crippen LogP contribution in [0.2, 0.25) is 5.02 Å². The maximum absolute atomic E-state index is 13.0. The molecule has 0 radical (unpaired) electrons. The molecule has 26 heavy (non-hydrogen) atoms. The number of benzene rings is 2. The van der Waals surface area contributed by atoms with Gasteiger partial charge in [-0.25, -0.2) is 0 Å². The van der Waals surface area contributed by atoms with E-state index < -0.39 is 11.7 Å². The van der Waals surface area contributed by atoms with Crippen LogP contribution in [0.1, 0.15) is 16.7 Å². The van der Waals surface area contributed by atoms with Crippen molar-refractivity contribution >= 4 is 17.8 Å². The normalized spacial score (nSPS) is 16.4. The Labute approximate surface area is 155 Å². The minimum Gasteiger partial charge on any atom is -0.328 e. The van der Waals surface area contributed by atoms with Crippen LogP contribution in [0.15, 0.2) is 53.6 Å². The van der Waals surface area contributed by atoms with E-state index in [1.165, 1.54) is 23.2 Å². The van der Waals surface area contributed by atoms with Crippen LogP contribution in [0.25, 0.3) is 0 Å². The van der Waals surface area contributed by atoms with Crippen molar-refractivity contribution < 1.29 is 18.1 Å². The Morgan fingerprint density at radius 1 is 1.04 bits per heavy atom. The van der Waals surface area contributed by atoms with E-state index in [1.807, 2.05) is 29.3 Å². The number of halogens is 4. The second-order valence-corrected chi connectivity index (χ2v) is 6.71. The summed E-state index contributed by atoms with van der Waals surface area (Å²) in [5.41, 5.74) is 0.540. The molecular weight excluding hydrogens is 363 g/mol. The zero-order chi connectivity index (χ0) is 18.6. The molecule has 1 saturated heterocycles. The van der Waals surface area contributed by atoms with Crippen molar-refractivity contribution in [2.75, 3.05) is 26.2 Å². The van der Waals surface area contributed by atoms with Crippen LogP contribution in [0, 0.1) is 0 Å². The van der Waals surface area contributed by atoms with Crippen LogP contribution < -0.4 is 4.90 Å². The third-order valence-electron chi connectivity index (χ3n) is 4.47. The van der Waals surface area contributed by atoms with Gasteiger partial charge in [-0.3, -0.25) is 5.01 Å². The third kappa shape index (κ3) is 4.77. The summed E-state index contributed by atoms with van der Waals surface area (Å²) < 4.78 is 39.0. The smallest absolute Gasteiger partial charge is 0.328 e. The van der Waals surface area contributed by atoms with Gasteiger partial charge >= 0.3 is 6.18 Å². The maximum atomic E-state index is 13.0. The zero-order valence-corrected chi connectivity index (χ0v) is 14.9. The molecule has 1 fully saturated rings. The molecule has 0 bridgehead atoms. The van der Waals surface area contributed by atoms with E-state index in [0.717, 1.165) is 36.3 Å². The minimum absolute atomic E-state index is 0.0887. The van der Waals surface area contributed by atoms with Crippen LogP contribution in [0.4, 0.5) is 13.2 Å². The first-order chi connectivity index (χ1) is 12.4. The highest BCUT2D eigenvalue weighted by atomic mass is 35.5. The lowest BCUT2D eigenvalue weighted by atomic mass is 10.1. The molecule has 0 amide bonds. The van der Waals surface area contributed by atoms with Gasteiger partial charge in [-0.05, 0) is 12.1 Å². The van der Waals surface area contributed by atoms with E-state index in [2.05, 4.69) is 5.10 Å². The molecule has 2 aromatic rings. The van der Waals surface area contributed by atoms with Crippen LogP contribution >= 0.6 is 11.6 Å². The fourth-order valence-electron chi connectivity index (χ4n) is 3.03. The Morgan fingerprint density at radius 3 is 2.38 bits per heavy atom. The summed E-state index contributed by atoms with van der Waals surface area (Å²) in [5, 5.41) is 6.85. The van der Waals surface area contributed by atoms with Gasteiger partial charge in [0.1, 0.15) is 6.54 Å². The van der Waals surface area contributed by atoms with Crippen LogP contribution in [-0.4, -0.2) is 37.4 Å². The summed E-state index contributed by atoms with van der Waals surface area (Å²) in [6.07, 6.45) is -3.07. The maximum Gasteiger partial charge on any atom is 0.417 e. The van der Waals surface area contributed by atoms with E-state index in [4.69, 9.17) is 11.6 Å². The third-order valence-corrected chi connectivity index (χ3v) is 4.84. The predicted molar refractivity (Wildman–Crippen MR) is 96.5 cm³/mol. The molecule has 1 heterocycles. The monoisotopic (exact) mass is 382 g/mol. The molecule has 3 rings (SSSR count). The van der Waals surface area contributed by atoms with Crippen molar-refractivity contribution in [2.24, 2.45) is 5.10 Å². The molecule has 0 aliphatic carbocycles. The van der Waals surface area contributed by atoms with Crippen molar-refractivity contribution in [3.8, 4) is 0 Å². The molecule has 7 heteroatoms. The standard InChI is InChI=1S/C19H19ClF3N3/c20-18-8-4-2-6-16(18)14-25-9-11-26(12-10-25)24-13-15-5-1-3-7-17(15)19(21,22)23/h1-8,13H,9-12,14H2/p+1/b24-13-. The molecule has 138 valence electrons. The molecular formula is C19H20ClF3N3+. The second kappa shape index (κ2) is 8.10. The summed E-state index contributed by atoms with van der Waals surface area (Å²) in [5.74, 6) is 0. The number of hydrogen-bond acceptors (Lipinski definition) is 2. The number of alkyl halides is 3. The number of hydrogen-bond donors (Lipinski definition) is 1. The van der Waals surface area contributed by atoms with Gasteiger partial charge in [0.15, 0.2) is 0 Å². The van der Waals surface area contributed by atoms with E-state index >= 15 is 0 Å². The summed E-state index contributed by atoms with van der Waals surface area (Å²) in [4.78, 5) is 1.39. The van der Waals surface area contributed by atoms with Crippen molar-refractivity contribution in [3.63, 3.8) is 0 Å². The average Bonchev–Trinajstić information content (AvgIpc) is 2.62. The highest BCUT2D eigenvalue weighted by Crippen LogP contribution is 2.31. The number of nitrogens with zero attached hydrogens (tertiary/aromatic N) is 2. The Bertz CT molecular complexity index is 769. The summed E-state index contributed by atoms with van der Waals surface area (Å²) in [6, 6.07) is 13.3. The Morgan fingerprint density at radius 2 is 1.69 bits per heavy atom. The second-order valence-electron chi connectivity index (χ2n) is 6.30. The summed E-state index contributed by atoms with van der Waals surface area (Å²) in [6.45, 7) is 3.97. The Kier molecular flexibility index (Phi) is 5.84. The van der Waals surface area contributed by atoms with Crippen molar-refractivity contribution in [1.82, 2.24) is 5.01 Å². The van der Waals surface area contributed by atoms with E-state index in [-0.39, 0.29) is 5.56 Å². The molecule has 2 aromatic carbocycles. The molecule has 0 saturated carbocycles. The number of hydrazone groups is 1. The lowest BCUT2D eigenvalue weighted by Crippen LogP contribution is -3.13. The first-order valence-electron chi connectivity index (χ1n) is 8.45. The molecule has 0 spiro atoms. The lowest BCUT2D eigenvalue weighted by Gasteiger charge is -2.30. The van der Waals surface area contributed by atoms with Gasteiger partial charge in [-0.2, -0.15) is 18.3 Å². The van der Waals surface area contributed by atoms with Gasteiger partial charge in [0.25, 0.3) is 0 Å². The summed E-state index contributed by atoms with van der Waals surface area (Å²) in [7, 11) is 0. The number of quaternary nitrogens is 1. The highest BCUT2D eigenvalue weighted by Gasteiger charge is 2.32. The summed E-state index contributed by atoms with van der Waals surface area (Å²) >= 11 is 6.20. The van der Waals surface area contributed by atoms with Gasteiger partial charge in [-0.15, -0.1) is 0 Å². The fraction of sp³-hybridized carbons (Fsp3) is 0.316. The molecule has 0 atom stereocenters. The Hall–Kier alpha value is -2.05. The first-order valence-corrected chi connectivity index (χ1v) is 8.83. The zero-order valence-electron chi connectivity index (χ0n) is 14.1. The number of nitrogens with one attached hydrogen (secondary N) is 1. The van der Waals surface area contributed by atoms with Crippen molar-refractivity contribution in [2.45, 2.75) is 12.7 Å². The van der Waals surface area contributed by atoms with Crippen LogP contribution in [0.3, 0.4) is 0 Å². The van der Waals surface area contributed by atoms with Gasteiger partial charge in [-0.1, -0.05) is 48.0 Å². The van der Waals surface area contributed by atoms with Crippen molar-refractivity contribution in [1.29, 1.82) is 0 Å². The molecule has 1 aliphatic rings. The van der Waals surface area contributed by atoms with Gasteiger partial charge in [0.05, 0.1) is 38.0 Å². The average molecular weight is 383 g/mol.